The van der Waals surface area contributed by atoms with Gasteiger partial charge < -0.3 is 24.3 Å². The molecule has 9 heteroatoms. The van der Waals surface area contributed by atoms with Gasteiger partial charge in [0, 0.05) is 17.2 Å². The summed E-state index contributed by atoms with van der Waals surface area (Å²) in [5.41, 5.74) is 1.54. The number of furan rings is 1. The van der Waals surface area contributed by atoms with Crippen molar-refractivity contribution in [1.29, 1.82) is 0 Å². The van der Waals surface area contributed by atoms with Crippen molar-refractivity contribution in [3.8, 4) is 22.8 Å². The first-order chi connectivity index (χ1) is 14.4. The topological polar surface area (TPSA) is 93.0 Å². The molecule has 3 aromatic rings. The normalized spacial score (nSPS) is 10.4. The van der Waals surface area contributed by atoms with Crippen LogP contribution in [0.3, 0.4) is 0 Å². The molecule has 0 radical (unpaired) electrons. The molecule has 1 heterocycles. The van der Waals surface area contributed by atoms with Crippen LogP contribution in [0.25, 0.3) is 11.3 Å². The number of carbonyl (C=O) groups is 1. The van der Waals surface area contributed by atoms with Crippen molar-refractivity contribution in [1.82, 2.24) is 5.32 Å². The van der Waals surface area contributed by atoms with Crippen molar-refractivity contribution >= 4 is 40.5 Å². The molecule has 0 aliphatic carbocycles. The number of nitrogens with one attached hydrogen (secondary N) is 2. The highest BCUT2D eigenvalue weighted by Crippen LogP contribution is 2.30. The first-order valence-electron chi connectivity index (χ1n) is 8.78. The fourth-order valence-corrected chi connectivity index (χ4v) is 3.03. The van der Waals surface area contributed by atoms with E-state index in [1.807, 2.05) is 0 Å². The third-order valence-electron chi connectivity index (χ3n) is 4.16. The van der Waals surface area contributed by atoms with E-state index in [0.717, 1.165) is 5.56 Å². The highest BCUT2D eigenvalue weighted by atomic mass is 35.5. The van der Waals surface area contributed by atoms with E-state index in [0.29, 0.717) is 39.3 Å². The molecule has 0 spiro atoms. The molecule has 0 aliphatic rings. The molecule has 0 saturated carbocycles. The van der Waals surface area contributed by atoms with Gasteiger partial charge in [0.2, 0.25) is 0 Å². The zero-order valence-electron chi connectivity index (χ0n) is 16.2. The zero-order valence-corrected chi connectivity index (χ0v) is 17.8. The monoisotopic (exact) mass is 446 g/mol. The van der Waals surface area contributed by atoms with Gasteiger partial charge in [-0.1, -0.05) is 11.6 Å². The van der Waals surface area contributed by atoms with Crippen molar-refractivity contribution in [2.24, 2.45) is 0 Å². The number of anilines is 1. The molecule has 7 nitrogen and oxygen atoms in total. The van der Waals surface area contributed by atoms with Gasteiger partial charge in [0.25, 0.3) is 5.91 Å². The molecule has 1 aromatic heterocycles. The van der Waals surface area contributed by atoms with Crippen molar-refractivity contribution in [2.75, 3.05) is 19.5 Å². The van der Waals surface area contributed by atoms with E-state index in [-0.39, 0.29) is 11.7 Å². The number of aliphatic hydroxyl groups is 1. The summed E-state index contributed by atoms with van der Waals surface area (Å²) in [5, 5.41) is 15.1. The van der Waals surface area contributed by atoms with Crippen LogP contribution in [-0.2, 0) is 6.61 Å². The number of thiocarbonyl (C=S) groups is 1. The van der Waals surface area contributed by atoms with Crippen LogP contribution in [0.5, 0.6) is 11.5 Å². The van der Waals surface area contributed by atoms with Crippen LogP contribution in [-0.4, -0.2) is 30.3 Å². The summed E-state index contributed by atoms with van der Waals surface area (Å²) in [7, 11) is 3.00. The number of methoxy groups -OCH3 is 2. The van der Waals surface area contributed by atoms with Crippen LogP contribution in [0.4, 0.5) is 5.69 Å². The molecule has 3 rings (SSSR count). The minimum atomic E-state index is -0.435. The van der Waals surface area contributed by atoms with Crippen LogP contribution in [0, 0.1) is 0 Å². The number of halogens is 1. The van der Waals surface area contributed by atoms with E-state index in [9.17, 15) is 4.79 Å². The molecule has 0 atom stereocenters. The summed E-state index contributed by atoms with van der Waals surface area (Å²) in [6, 6.07) is 13.4. The highest BCUT2D eigenvalue weighted by molar-refractivity contribution is 7.80. The average Bonchev–Trinajstić information content (AvgIpc) is 3.24. The predicted octanol–water partition coefficient (Wildman–Crippen LogP) is 4.24. The number of ether oxygens (including phenoxy) is 2. The summed E-state index contributed by atoms with van der Waals surface area (Å²) in [5.74, 6) is 1.54. The zero-order chi connectivity index (χ0) is 21.7. The molecule has 0 saturated heterocycles. The van der Waals surface area contributed by atoms with Gasteiger partial charge in [-0.15, -0.1) is 0 Å². The summed E-state index contributed by atoms with van der Waals surface area (Å²) >= 11 is 11.5. The standard InChI is InChI=1S/C21H19ClN2O5S/c1-27-15-7-13(8-16(10-15)28-2)20(26)24-21(30)23-18-9-12(3-5-17(18)22)19-6-4-14(11-25)29-19/h3-10,25H,11H2,1-2H3,(H2,23,24,26,30). The Morgan fingerprint density at radius 1 is 1.10 bits per heavy atom. The predicted molar refractivity (Wildman–Crippen MR) is 118 cm³/mol. The minimum absolute atomic E-state index is 0.0660. The van der Waals surface area contributed by atoms with Crippen LogP contribution in [0.15, 0.2) is 52.9 Å². The molecule has 0 fully saturated rings. The number of amides is 1. The molecule has 0 bridgehead atoms. The summed E-state index contributed by atoms with van der Waals surface area (Å²) in [6.07, 6.45) is 0. The smallest absolute Gasteiger partial charge is 0.257 e. The SMILES string of the molecule is COc1cc(OC)cc(C(=O)NC(=S)Nc2cc(-c3ccc(CO)o3)ccc2Cl)c1. The molecular weight excluding hydrogens is 428 g/mol. The third-order valence-corrected chi connectivity index (χ3v) is 4.69. The fraction of sp³-hybridized carbons (Fsp3) is 0.143. The van der Waals surface area contributed by atoms with Crippen molar-refractivity contribution in [3.05, 3.63) is 64.9 Å². The Morgan fingerprint density at radius 3 is 2.40 bits per heavy atom. The number of aliphatic hydroxyl groups excluding tert-OH is 1. The van der Waals surface area contributed by atoms with E-state index in [1.54, 1.807) is 48.5 Å². The van der Waals surface area contributed by atoms with Gasteiger partial charge in [-0.05, 0) is 54.7 Å². The minimum Gasteiger partial charge on any atom is -0.497 e. The van der Waals surface area contributed by atoms with Gasteiger partial charge >= 0.3 is 0 Å². The van der Waals surface area contributed by atoms with E-state index in [4.69, 9.17) is 42.8 Å². The lowest BCUT2D eigenvalue weighted by Crippen LogP contribution is -2.34. The maximum absolute atomic E-state index is 12.6. The third kappa shape index (κ3) is 5.10. The number of rotatable bonds is 6. The molecule has 30 heavy (non-hydrogen) atoms. The average molecular weight is 447 g/mol. The Labute approximate surface area is 183 Å². The second kappa shape index (κ2) is 9.62. The molecule has 3 N–H and O–H groups in total. The largest absolute Gasteiger partial charge is 0.497 e. The van der Waals surface area contributed by atoms with E-state index in [2.05, 4.69) is 10.6 Å². The first kappa shape index (κ1) is 21.6. The number of carbonyl (C=O) groups excluding carboxylic acids is 1. The summed E-state index contributed by atoms with van der Waals surface area (Å²) < 4.78 is 15.9. The Morgan fingerprint density at radius 2 is 1.80 bits per heavy atom. The molecule has 0 aliphatic heterocycles. The van der Waals surface area contributed by atoms with Crippen molar-refractivity contribution in [3.63, 3.8) is 0 Å². The summed E-state index contributed by atoms with van der Waals surface area (Å²) in [6.45, 7) is -0.191. The summed E-state index contributed by atoms with van der Waals surface area (Å²) in [4.78, 5) is 12.6. The molecule has 0 unspecified atom stereocenters. The number of hydrogen-bond donors (Lipinski definition) is 3. The number of benzene rings is 2. The van der Waals surface area contributed by atoms with E-state index < -0.39 is 5.91 Å². The maximum Gasteiger partial charge on any atom is 0.257 e. The van der Waals surface area contributed by atoms with Crippen molar-refractivity contribution in [2.45, 2.75) is 6.61 Å². The quantitative estimate of drug-likeness (QED) is 0.488. The van der Waals surface area contributed by atoms with Crippen LogP contribution >= 0.6 is 23.8 Å². The van der Waals surface area contributed by atoms with Crippen LogP contribution in [0.2, 0.25) is 5.02 Å². The van der Waals surface area contributed by atoms with Gasteiger partial charge in [-0.2, -0.15) is 0 Å². The van der Waals surface area contributed by atoms with Gasteiger partial charge in [-0.3, -0.25) is 10.1 Å². The molecule has 1 amide bonds. The lowest BCUT2D eigenvalue weighted by Gasteiger charge is -2.13. The Balaban J connectivity index is 1.74. The second-order valence-electron chi connectivity index (χ2n) is 6.13. The maximum atomic E-state index is 12.6. The lowest BCUT2D eigenvalue weighted by molar-refractivity contribution is 0.0977. The van der Waals surface area contributed by atoms with E-state index >= 15 is 0 Å². The van der Waals surface area contributed by atoms with E-state index in [1.165, 1.54) is 14.2 Å². The molecule has 156 valence electrons. The Bertz CT molecular complexity index is 1060. The van der Waals surface area contributed by atoms with Gasteiger partial charge in [-0.25, -0.2) is 0 Å². The van der Waals surface area contributed by atoms with Gasteiger partial charge in [0.05, 0.1) is 24.9 Å². The Kier molecular flexibility index (Phi) is 6.94. The lowest BCUT2D eigenvalue weighted by atomic mass is 10.1. The molecular formula is C21H19ClN2O5S. The molecule has 2 aromatic carbocycles. The van der Waals surface area contributed by atoms with Gasteiger partial charge in [0.1, 0.15) is 29.6 Å². The first-order valence-corrected chi connectivity index (χ1v) is 9.57. The van der Waals surface area contributed by atoms with Crippen LogP contribution in [0.1, 0.15) is 16.1 Å². The van der Waals surface area contributed by atoms with Crippen LogP contribution < -0.4 is 20.1 Å². The number of hydrogen-bond acceptors (Lipinski definition) is 6. The Hall–Kier alpha value is -3.07. The van der Waals surface area contributed by atoms with Gasteiger partial charge in [0.15, 0.2) is 5.11 Å². The highest BCUT2D eigenvalue weighted by Gasteiger charge is 2.13. The van der Waals surface area contributed by atoms with Crippen molar-refractivity contribution < 1.29 is 23.8 Å². The fourth-order valence-electron chi connectivity index (χ4n) is 2.66. The second-order valence-corrected chi connectivity index (χ2v) is 6.94.